The van der Waals surface area contributed by atoms with E-state index in [2.05, 4.69) is 0 Å². The third-order valence-corrected chi connectivity index (χ3v) is 3.87. The number of nitrogens with zero attached hydrogens (tertiary/aromatic N) is 2. The van der Waals surface area contributed by atoms with E-state index >= 15 is 0 Å². The molecule has 1 amide bonds. The average Bonchev–Trinajstić information content (AvgIpc) is 3.09. The fourth-order valence-corrected chi connectivity index (χ4v) is 2.66. The molecule has 2 aromatic rings. The summed E-state index contributed by atoms with van der Waals surface area (Å²) in [5.41, 5.74) is 0.683. The Hall–Kier alpha value is -2.69. The second-order valence-electron chi connectivity index (χ2n) is 5.49. The molecule has 0 bridgehead atoms. The van der Waals surface area contributed by atoms with Crippen LogP contribution in [-0.2, 0) is 4.79 Å². The van der Waals surface area contributed by atoms with E-state index in [1.54, 1.807) is 41.4 Å². The van der Waals surface area contributed by atoms with Crippen molar-refractivity contribution in [3.05, 3.63) is 70.4 Å². The zero-order chi connectivity index (χ0) is 16.2. The molecule has 118 valence electrons. The van der Waals surface area contributed by atoms with Crippen molar-refractivity contribution in [1.82, 2.24) is 9.47 Å². The summed E-state index contributed by atoms with van der Waals surface area (Å²) in [5.74, 6) is -0.522. The molecule has 0 N–H and O–H groups in total. The van der Waals surface area contributed by atoms with Crippen molar-refractivity contribution in [3.63, 3.8) is 0 Å². The molecular formula is C18H17FN2O2. The zero-order valence-electron chi connectivity index (χ0n) is 12.6. The second-order valence-corrected chi connectivity index (χ2v) is 5.49. The second kappa shape index (κ2) is 6.60. The third kappa shape index (κ3) is 3.39. The smallest absolute Gasteiger partial charge is 0.270 e. The van der Waals surface area contributed by atoms with Gasteiger partial charge in [0.25, 0.3) is 11.5 Å². The molecule has 0 spiro atoms. The van der Waals surface area contributed by atoms with E-state index in [4.69, 9.17) is 0 Å². The van der Waals surface area contributed by atoms with Crippen molar-refractivity contribution in [2.75, 3.05) is 13.1 Å². The maximum Gasteiger partial charge on any atom is 0.270 e. The summed E-state index contributed by atoms with van der Waals surface area (Å²) in [5, 5.41) is 0. The molecule has 2 heterocycles. The van der Waals surface area contributed by atoms with Crippen LogP contribution in [0.25, 0.3) is 11.8 Å². The van der Waals surface area contributed by atoms with Crippen molar-refractivity contribution in [3.8, 4) is 0 Å². The van der Waals surface area contributed by atoms with Crippen LogP contribution in [0.15, 0.2) is 53.5 Å². The molecule has 23 heavy (non-hydrogen) atoms. The summed E-state index contributed by atoms with van der Waals surface area (Å²) in [6, 6.07) is 10.6. The Kier molecular flexibility index (Phi) is 4.37. The first-order valence-corrected chi connectivity index (χ1v) is 7.60. The maximum absolute atomic E-state index is 13.1. The molecule has 0 atom stereocenters. The fraction of sp³-hybridized carbons (Fsp3) is 0.222. The van der Waals surface area contributed by atoms with Gasteiger partial charge < -0.3 is 4.90 Å². The highest BCUT2D eigenvalue weighted by atomic mass is 19.1. The summed E-state index contributed by atoms with van der Waals surface area (Å²) in [7, 11) is 0. The van der Waals surface area contributed by atoms with Crippen LogP contribution in [0.2, 0.25) is 0 Å². The molecule has 1 aliphatic rings. The molecule has 1 fully saturated rings. The highest BCUT2D eigenvalue weighted by Crippen LogP contribution is 2.17. The van der Waals surface area contributed by atoms with Crippen LogP contribution in [0.4, 0.5) is 4.39 Å². The predicted octanol–water partition coefficient (Wildman–Crippen LogP) is 2.61. The van der Waals surface area contributed by atoms with E-state index in [0.717, 1.165) is 12.8 Å². The molecular weight excluding hydrogens is 295 g/mol. The van der Waals surface area contributed by atoms with E-state index in [-0.39, 0.29) is 23.0 Å². The number of benzene rings is 1. The van der Waals surface area contributed by atoms with Gasteiger partial charge in [-0.3, -0.25) is 14.2 Å². The van der Waals surface area contributed by atoms with Gasteiger partial charge in [0.2, 0.25) is 0 Å². The van der Waals surface area contributed by atoms with E-state index in [9.17, 15) is 14.0 Å². The van der Waals surface area contributed by atoms with Crippen molar-refractivity contribution < 1.29 is 9.18 Å². The van der Waals surface area contributed by atoms with Crippen molar-refractivity contribution in [2.45, 2.75) is 12.8 Å². The Balaban J connectivity index is 2.06. The van der Waals surface area contributed by atoms with E-state index in [1.165, 1.54) is 22.8 Å². The van der Waals surface area contributed by atoms with Gasteiger partial charge in [0.05, 0.1) is 0 Å². The Bertz CT molecular complexity index is 787. The van der Waals surface area contributed by atoms with Crippen molar-refractivity contribution in [1.29, 1.82) is 0 Å². The van der Waals surface area contributed by atoms with Crippen LogP contribution in [0, 0.1) is 5.82 Å². The number of aromatic nitrogens is 1. The monoisotopic (exact) mass is 312 g/mol. The minimum atomic E-state index is -0.341. The van der Waals surface area contributed by atoms with E-state index in [0.29, 0.717) is 18.7 Å². The van der Waals surface area contributed by atoms with Gasteiger partial charge in [0.15, 0.2) is 0 Å². The summed E-state index contributed by atoms with van der Waals surface area (Å²) in [6.45, 7) is 1.39. The third-order valence-electron chi connectivity index (χ3n) is 3.87. The number of carbonyl (C=O) groups is 1. The van der Waals surface area contributed by atoms with Gasteiger partial charge in [-0.15, -0.1) is 0 Å². The lowest BCUT2D eigenvalue weighted by molar-refractivity contribution is -0.124. The molecule has 3 rings (SSSR count). The van der Waals surface area contributed by atoms with Gasteiger partial charge in [0, 0.05) is 25.4 Å². The minimum Gasteiger partial charge on any atom is -0.337 e. The highest BCUT2D eigenvalue weighted by Gasteiger charge is 2.23. The minimum absolute atomic E-state index is 0.180. The number of likely N-dealkylation sites (tertiary alicyclic amines) is 1. The standard InChI is InChI=1S/C18H17FN2O2/c19-15-8-6-14(7-9-15)13-16(18(23)20-10-3-4-11-20)21-12-2-1-5-17(21)22/h1-2,5-9,12-13H,3-4,10-11H2/b16-13+. The molecule has 1 aliphatic heterocycles. The molecule has 0 radical (unpaired) electrons. The predicted molar refractivity (Wildman–Crippen MR) is 87.1 cm³/mol. The number of hydrogen-bond donors (Lipinski definition) is 0. The maximum atomic E-state index is 13.1. The molecule has 4 nitrogen and oxygen atoms in total. The zero-order valence-corrected chi connectivity index (χ0v) is 12.6. The van der Waals surface area contributed by atoms with Gasteiger partial charge >= 0.3 is 0 Å². The van der Waals surface area contributed by atoms with Crippen LogP contribution < -0.4 is 5.56 Å². The van der Waals surface area contributed by atoms with Crippen LogP contribution in [-0.4, -0.2) is 28.5 Å². The van der Waals surface area contributed by atoms with Crippen LogP contribution >= 0.6 is 0 Å². The first kappa shape index (κ1) is 15.2. The Morgan fingerprint density at radius 3 is 2.39 bits per heavy atom. The quantitative estimate of drug-likeness (QED) is 0.818. The topological polar surface area (TPSA) is 42.3 Å². The molecule has 1 aromatic heterocycles. The summed E-state index contributed by atoms with van der Waals surface area (Å²) in [6.07, 6.45) is 5.14. The van der Waals surface area contributed by atoms with E-state index in [1.807, 2.05) is 0 Å². The number of halogens is 1. The normalized spacial score (nSPS) is 15.0. The summed E-state index contributed by atoms with van der Waals surface area (Å²) in [4.78, 5) is 26.7. The number of hydrogen-bond acceptors (Lipinski definition) is 2. The lowest BCUT2D eigenvalue weighted by Gasteiger charge is -2.18. The Morgan fingerprint density at radius 1 is 1.04 bits per heavy atom. The SMILES string of the molecule is O=C(/C(=C\c1ccc(F)cc1)n1ccccc1=O)N1CCCC1. The van der Waals surface area contributed by atoms with Crippen molar-refractivity contribution >= 4 is 17.7 Å². The van der Waals surface area contributed by atoms with Crippen LogP contribution in [0.1, 0.15) is 18.4 Å². The van der Waals surface area contributed by atoms with Gasteiger partial charge in [-0.2, -0.15) is 0 Å². The van der Waals surface area contributed by atoms with E-state index < -0.39 is 0 Å². The number of amides is 1. The van der Waals surface area contributed by atoms with Gasteiger partial charge in [-0.1, -0.05) is 18.2 Å². The number of pyridine rings is 1. The lowest BCUT2D eigenvalue weighted by atomic mass is 10.1. The summed E-state index contributed by atoms with van der Waals surface area (Å²) >= 11 is 0. The molecule has 1 aromatic carbocycles. The van der Waals surface area contributed by atoms with Gasteiger partial charge in [0.1, 0.15) is 11.5 Å². The Morgan fingerprint density at radius 2 is 1.74 bits per heavy atom. The molecule has 1 saturated heterocycles. The van der Waals surface area contributed by atoms with Crippen LogP contribution in [0.3, 0.4) is 0 Å². The number of carbonyl (C=O) groups excluding carboxylic acids is 1. The fourth-order valence-electron chi connectivity index (χ4n) is 2.66. The molecule has 0 unspecified atom stereocenters. The molecule has 0 saturated carbocycles. The van der Waals surface area contributed by atoms with Crippen LogP contribution in [0.5, 0.6) is 0 Å². The Labute approximate surface area is 133 Å². The highest BCUT2D eigenvalue weighted by molar-refractivity contribution is 6.18. The van der Waals surface area contributed by atoms with Gasteiger partial charge in [-0.05, 0) is 42.7 Å². The van der Waals surface area contributed by atoms with Gasteiger partial charge in [-0.25, -0.2) is 4.39 Å². The molecule has 5 heteroatoms. The lowest BCUT2D eigenvalue weighted by Crippen LogP contribution is -2.33. The largest absolute Gasteiger partial charge is 0.337 e. The first-order chi connectivity index (χ1) is 11.1. The molecule has 0 aliphatic carbocycles. The van der Waals surface area contributed by atoms with Crippen molar-refractivity contribution in [2.24, 2.45) is 0 Å². The average molecular weight is 312 g/mol. The number of rotatable bonds is 3. The first-order valence-electron chi connectivity index (χ1n) is 7.60. The summed E-state index contributed by atoms with van der Waals surface area (Å²) < 4.78 is 14.4.